The SMILES string of the molecule is CCCCNC(=O)N1CCN(c2ccc(C(C)(C)C)cc2)CC1. The van der Waals surface area contributed by atoms with Crippen LogP contribution in [0.3, 0.4) is 0 Å². The van der Waals surface area contributed by atoms with Crippen LogP contribution in [0.25, 0.3) is 0 Å². The van der Waals surface area contributed by atoms with Crippen molar-refractivity contribution in [1.82, 2.24) is 10.2 Å². The van der Waals surface area contributed by atoms with Gasteiger partial charge in [-0.3, -0.25) is 0 Å². The number of unbranched alkanes of at least 4 members (excludes halogenated alkanes) is 1. The molecule has 0 bridgehead atoms. The van der Waals surface area contributed by atoms with Gasteiger partial charge in [0.05, 0.1) is 0 Å². The Morgan fingerprint density at radius 2 is 1.70 bits per heavy atom. The molecule has 1 saturated heterocycles. The molecule has 0 unspecified atom stereocenters. The van der Waals surface area contributed by atoms with E-state index < -0.39 is 0 Å². The van der Waals surface area contributed by atoms with Crippen molar-refractivity contribution < 1.29 is 4.79 Å². The van der Waals surface area contributed by atoms with Gasteiger partial charge in [0.2, 0.25) is 0 Å². The number of carbonyl (C=O) groups excluding carboxylic acids is 1. The Hall–Kier alpha value is -1.71. The third-order valence-corrected chi connectivity index (χ3v) is 4.47. The van der Waals surface area contributed by atoms with Crippen molar-refractivity contribution in [3.63, 3.8) is 0 Å². The molecular formula is C19H31N3O. The van der Waals surface area contributed by atoms with E-state index in [-0.39, 0.29) is 11.4 Å². The van der Waals surface area contributed by atoms with Gasteiger partial charge in [0.15, 0.2) is 0 Å². The molecule has 1 aliphatic rings. The highest BCUT2D eigenvalue weighted by Gasteiger charge is 2.21. The second-order valence-corrected chi connectivity index (χ2v) is 7.36. The van der Waals surface area contributed by atoms with Crippen molar-refractivity contribution in [3.8, 4) is 0 Å². The lowest BCUT2D eigenvalue weighted by Gasteiger charge is -2.36. The minimum atomic E-state index is 0.0844. The summed E-state index contributed by atoms with van der Waals surface area (Å²) in [5.74, 6) is 0. The van der Waals surface area contributed by atoms with Gasteiger partial charge in [-0.1, -0.05) is 46.2 Å². The molecular weight excluding hydrogens is 286 g/mol. The van der Waals surface area contributed by atoms with E-state index in [1.165, 1.54) is 11.3 Å². The molecule has 1 aromatic rings. The Morgan fingerprint density at radius 3 is 2.22 bits per heavy atom. The molecule has 1 aromatic carbocycles. The number of hydrogen-bond donors (Lipinski definition) is 1. The van der Waals surface area contributed by atoms with E-state index in [1.807, 2.05) is 4.90 Å². The molecule has 0 atom stereocenters. The highest BCUT2D eigenvalue weighted by atomic mass is 16.2. The molecule has 0 spiro atoms. The molecule has 2 amide bonds. The van der Waals surface area contributed by atoms with Gasteiger partial charge in [0.1, 0.15) is 0 Å². The van der Waals surface area contributed by atoms with Gasteiger partial charge in [-0.15, -0.1) is 0 Å². The Bertz CT molecular complexity index is 496. The van der Waals surface area contributed by atoms with Gasteiger partial charge in [-0.05, 0) is 29.5 Å². The summed E-state index contributed by atoms with van der Waals surface area (Å²) >= 11 is 0. The largest absolute Gasteiger partial charge is 0.368 e. The van der Waals surface area contributed by atoms with Crippen LogP contribution in [0.2, 0.25) is 0 Å². The molecule has 1 aliphatic heterocycles. The fourth-order valence-electron chi connectivity index (χ4n) is 2.82. The van der Waals surface area contributed by atoms with Crippen LogP contribution in [-0.4, -0.2) is 43.7 Å². The quantitative estimate of drug-likeness (QED) is 0.861. The lowest BCUT2D eigenvalue weighted by atomic mass is 9.87. The monoisotopic (exact) mass is 317 g/mol. The number of amides is 2. The average molecular weight is 317 g/mol. The van der Waals surface area contributed by atoms with Crippen molar-refractivity contribution in [3.05, 3.63) is 29.8 Å². The molecule has 2 rings (SSSR count). The smallest absolute Gasteiger partial charge is 0.317 e. The van der Waals surface area contributed by atoms with Crippen LogP contribution in [-0.2, 0) is 5.41 Å². The number of rotatable bonds is 4. The second-order valence-electron chi connectivity index (χ2n) is 7.36. The van der Waals surface area contributed by atoms with Crippen LogP contribution < -0.4 is 10.2 Å². The molecule has 0 aliphatic carbocycles. The molecule has 23 heavy (non-hydrogen) atoms. The lowest BCUT2D eigenvalue weighted by molar-refractivity contribution is 0.194. The Balaban J connectivity index is 1.85. The predicted molar refractivity (Wildman–Crippen MR) is 97.2 cm³/mol. The van der Waals surface area contributed by atoms with E-state index >= 15 is 0 Å². The molecule has 0 radical (unpaired) electrons. The normalized spacial score (nSPS) is 15.7. The molecule has 1 heterocycles. The third kappa shape index (κ3) is 4.88. The van der Waals surface area contributed by atoms with E-state index in [4.69, 9.17) is 0 Å². The first-order valence-electron chi connectivity index (χ1n) is 8.80. The van der Waals surface area contributed by atoms with E-state index in [0.29, 0.717) is 0 Å². The molecule has 1 N–H and O–H groups in total. The fraction of sp³-hybridized carbons (Fsp3) is 0.632. The zero-order chi connectivity index (χ0) is 16.9. The Kier molecular flexibility index (Phi) is 5.91. The number of nitrogens with one attached hydrogen (secondary N) is 1. The summed E-state index contributed by atoms with van der Waals surface area (Å²) in [6.45, 7) is 13.0. The highest BCUT2D eigenvalue weighted by Crippen LogP contribution is 2.25. The summed E-state index contributed by atoms with van der Waals surface area (Å²) in [4.78, 5) is 16.4. The number of piperazine rings is 1. The fourth-order valence-corrected chi connectivity index (χ4v) is 2.82. The molecule has 1 fully saturated rings. The number of urea groups is 1. The molecule has 4 nitrogen and oxygen atoms in total. The summed E-state index contributed by atoms with van der Waals surface area (Å²) in [5, 5.41) is 3.00. The van der Waals surface area contributed by atoms with Crippen molar-refractivity contribution >= 4 is 11.7 Å². The van der Waals surface area contributed by atoms with Crippen molar-refractivity contribution in [1.29, 1.82) is 0 Å². The minimum absolute atomic E-state index is 0.0844. The zero-order valence-electron chi connectivity index (χ0n) is 15.1. The summed E-state index contributed by atoms with van der Waals surface area (Å²) in [6, 6.07) is 8.94. The molecule has 0 aromatic heterocycles. The van der Waals surface area contributed by atoms with E-state index in [1.54, 1.807) is 0 Å². The maximum Gasteiger partial charge on any atom is 0.317 e. The topological polar surface area (TPSA) is 35.6 Å². The van der Waals surface area contributed by atoms with Crippen molar-refractivity contribution in [2.75, 3.05) is 37.6 Å². The minimum Gasteiger partial charge on any atom is -0.368 e. The van der Waals surface area contributed by atoms with Crippen LogP contribution >= 0.6 is 0 Å². The number of hydrogen-bond acceptors (Lipinski definition) is 2. The number of nitrogens with zero attached hydrogens (tertiary/aromatic N) is 2. The number of benzene rings is 1. The van der Waals surface area contributed by atoms with Gasteiger partial charge >= 0.3 is 6.03 Å². The first-order chi connectivity index (χ1) is 10.9. The first-order valence-corrected chi connectivity index (χ1v) is 8.80. The average Bonchev–Trinajstić information content (AvgIpc) is 2.54. The highest BCUT2D eigenvalue weighted by molar-refractivity contribution is 5.74. The van der Waals surface area contributed by atoms with Crippen LogP contribution in [0.4, 0.5) is 10.5 Å². The van der Waals surface area contributed by atoms with Gasteiger partial charge < -0.3 is 15.1 Å². The van der Waals surface area contributed by atoms with E-state index in [2.05, 4.69) is 62.2 Å². The lowest BCUT2D eigenvalue weighted by Crippen LogP contribution is -2.52. The van der Waals surface area contributed by atoms with Crippen LogP contribution in [0.1, 0.15) is 46.1 Å². The maximum atomic E-state index is 12.1. The molecule has 128 valence electrons. The van der Waals surface area contributed by atoms with Gasteiger partial charge in [-0.2, -0.15) is 0 Å². The van der Waals surface area contributed by atoms with Crippen LogP contribution in [0, 0.1) is 0 Å². The van der Waals surface area contributed by atoms with Gasteiger partial charge in [0.25, 0.3) is 0 Å². The summed E-state index contributed by atoms with van der Waals surface area (Å²) < 4.78 is 0. The van der Waals surface area contributed by atoms with Crippen LogP contribution in [0.5, 0.6) is 0 Å². The Morgan fingerprint density at radius 1 is 1.09 bits per heavy atom. The third-order valence-electron chi connectivity index (χ3n) is 4.47. The van der Waals surface area contributed by atoms with Gasteiger partial charge in [-0.25, -0.2) is 4.79 Å². The van der Waals surface area contributed by atoms with Gasteiger partial charge in [0, 0.05) is 38.4 Å². The molecule has 0 saturated carbocycles. The number of anilines is 1. The maximum absolute atomic E-state index is 12.1. The van der Waals surface area contributed by atoms with Crippen molar-refractivity contribution in [2.45, 2.75) is 46.0 Å². The summed E-state index contributed by atoms with van der Waals surface area (Å²) in [5.41, 5.74) is 2.80. The van der Waals surface area contributed by atoms with Crippen LogP contribution in [0.15, 0.2) is 24.3 Å². The standard InChI is InChI=1S/C19H31N3O/c1-5-6-11-20-18(23)22-14-12-21(13-15-22)17-9-7-16(8-10-17)19(2,3)4/h7-10H,5-6,11-15H2,1-4H3,(H,20,23). The zero-order valence-corrected chi connectivity index (χ0v) is 15.1. The number of carbonyl (C=O) groups is 1. The van der Waals surface area contributed by atoms with E-state index in [0.717, 1.165) is 45.6 Å². The predicted octanol–water partition coefficient (Wildman–Crippen LogP) is 3.62. The summed E-state index contributed by atoms with van der Waals surface area (Å²) in [6.07, 6.45) is 2.16. The second kappa shape index (κ2) is 7.71. The Labute approximate surface area is 140 Å². The summed E-state index contributed by atoms with van der Waals surface area (Å²) in [7, 11) is 0. The molecule has 4 heteroatoms. The van der Waals surface area contributed by atoms with E-state index in [9.17, 15) is 4.79 Å². The first kappa shape index (κ1) is 17.6. The van der Waals surface area contributed by atoms with Crippen molar-refractivity contribution in [2.24, 2.45) is 0 Å².